The Hall–Kier alpha value is -1.57. The molecule has 0 atom stereocenters. The Morgan fingerprint density at radius 3 is 2.47 bits per heavy atom. The molecule has 0 radical (unpaired) electrons. The Balaban J connectivity index is 2.30. The molecule has 0 saturated carbocycles. The summed E-state index contributed by atoms with van der Waals surface area (Å²) in [4.78, 5) is 13.6. The van der Waals surface area contributed by atoms with Gasteiger partial charge < -0.3 is 0 Å². The van der Waals surface area contributed by atoms with Gasteiger partial charge in [-0.25, -0.2) is 0 Å². The summed E-state index contributed by atoms with van der Waals surface area (Å²) in [5.74, 6) is 0.161. The van der Waals surface area contributed by atoms with Crippen molar-refractivity contribution in [2.45, 2.75) is 20.3 Å². The van der Waals surface area contributed by atoms with E-state index in [0.29, 0.717) is 6.42 Å². The molecule has 1 aliphatic rings. The lowest BCUT2D eigenvalue weighted by Gasteiger charge is -2.30. The van der Waals surface area contributed by atoms with Crippen LogP contribution in [-0.2, 0) is 4.79 Å². The minimum absolute atomic E-state index is 0.0115. The fourth-order valence-electron chi connectivity index (χ4n) is 1.71. The second kappa shape index (κ2) is 3.54. The van der Waals surface area contributed by atoms with Gasteiger partial charge in [-0.15, -0.1) is 0 Å². The van der Waals surface area contributed by atoms with E-state index < -0.39 is 0 Å². The molecule has 1 heterocycles. The zero-order valence-electron chi connectivity index (χ0n) is 9.10. The first-order valence-electron chi connectivity index (χ1n) is 5.15. The number of carbonyl (C=O) groups excluding carboxylic acids is 1. The van der Waals surface area contributed by atoms with E-state index in [1.807, 2.05) is 36.5 Å². The number of benzene rings is 1. The number of hydrogen-bond acceptors (Lipinski definition) is 1. The molecule has 0 bridgehead atoms. The molecule has 0 aromatic heterocycles. The molecule has 1 amide bonds. The molecule has 2 heteroatoms. The van der Waals surface area contributed by atoms with Crippen LogP contribution in [0.2, 0.25) is 0 Å². The van der Waals surface area contributed by atoms with Gasteiger partial charge in [-0.05, 0) is 17.5 Å². The van der Waals surface area contributed by atoms with Crippen LogP contribution in [0.4, 0.5) is 5.69 Å². The molecule has 1 aromatic carbocycles. The summed E-state index contributed by atoms with van der Waals surface area (Å²) in [5, 5.41) is 0. The van der Waals surface area contributed by atoms with Crippen LogP contribution in [0.1, 0.15) is 20.3 Å². The van der Waals surface area contributed by atoms with Crippen LogP contribution in [0.5, 0.6) is 0 Å². The van der Waals surface area contributed by atoms with Gasteiger partial charge in [-0.3, -0.25) is 9.69 Å². The number of allylic oxidation sites excluding steroid dienone is 1. The van der Waals surface area contributed by atoms with Crippen LogP contribution >= 0.6 is 0 Å². The number of para-hydroxylation sites is 1. The largest absolute Gasteiger partial charge is 0.288 e. The monoisotopic (exact) mass is 201 g/mol. The predicted octanol–water partition coefficient (Wildman–Crippen LogP) is 2.96. The van der Waals surface area contributed by atoms with E-state index in [0.717, 1.165) is 5.69 Å². The van der Waals surface area contributed by atoms with Gasteiger partial charge >= 0.3 is 0 Å². The van der Waals surface area contributed by atoms with Gasteiger partial charge in [0.1, 0.15) is 0 Å². The third-order valence-corrected chi connectivity index (χ3v) is 2.58. The average molecular weight is 201 g/mol. The first kappa shape index (κ1) is 9.97. The fourth-order valence-corrected chi connectivity index (χ4v) is 1.71. The van der Waals surface area contributed by atoms with Crippen molar-refractivity contribution >= 4 is 11.6 Å². The minimum Gasteiger partial charge on any atom is -0.288 e. The Morgan fingerprint density at radius 1 is 1.20 bits per heavy atom. The van der Waals surface area contributed by atoms with Crippen molar-refractivity contribution < 1.29 is 4.79 Å². The van der Waals surface area contributed by atoms with Crippen molar-refractivity contribution in [2.75, 3.05) is 4.90 Å². The van der Waals surface area contributed by atoms with Gasteiger partial charge in [0.2, 0.25) is 5.91 Å². The second-order valence-corrected chi connectivity index (χ2v) is 4.58. The van der Waals surface area contributed by atoms with E-state index in [9.17, 15) is 4.79 Å². The summed E-state index contributed by atoms with van der Waals surface area (Å²) in [6.45, 7) is 4.15. The molecule has 1 aliphatic heterocycles. The van der Waals surface area contributed by atoms with E-state index in [4.69, 9.17) is 0 Å². The van der Waals surface area contributed by atoms with Gasteiger partial charge in [0.25, 0.3) is 0 Å². The highest BCUT2D eigenvalue weighted by Gasteiger charge is 2.27. The molecule has 2 nitrogen and oxygen atoms in total. The summed E-state index contributed by atoms with van der Waals surface area (Å²) in [7, 11) is 0. The maximum atomic E-state index is 11.9. The third-order valence-electron chi connectivity index (χ3n) is 2.58. The lowest BCUT2D eigenvalue weighted by Crippen LogP contribution is -2.33. The average Bonchev–Trinajstić information content (AvgIpc) is 2.17. The van der Waals surface area contributed by atoms with Gasteiger partial charge in [-0.1, -0.05) is 38.1 Å². The number of nitrogens with zero attached hydrogens (tertiary/aromatic N) is 1. The maximum Gasteiger partial charge on any atom is 0.231 e. The Bertz CT molecular complexity index is 392. The fraction of sp³-hybridized carbons (Fsp3) is 0.308. The summed E-state index contributed by atoms with van der Waals surface area (Å²) in [6, 6.07) is 9.72. The standard InChI is InChI=1S/C13H15NO/c1-13(2)8-9-14(12(15)10-13)11-6-4-3-5-7-11/h3-9H,10H2,1-2H3. The van der Waals surface area contributed by atoms with E-state index in [-0.39, 0.29) is 11.3 Å². The summed E-state index contributed by atoms with van der Waals surface area (Å²) in [6.07, 6.45) is 4.53. The zero-order valence-corrected chi connectivity index (χ0v) is 9.10. The van der Waals surface area contributed by atoms with Crippen LogP contribution in [-0.4, -0.2) is 5.91 Å². The summed E-state index contributed by atoms with van der Waals surface area (Å²) in [5.41, 5.74) is 0.928. The van der Waals surface area contributed by atoms with Crippen LogP contribution in [0.3, 0.4) is 0 Å². The van der Waals surface area contributed by atoms with Crippen LogP contribution in [0.25, 0.3) is 0 Å². The lowest BCUT2D eigenvalue weighted by molar-refractivity contribution is -0.119. The van der Waals surface area contributed by atoms with Gasteiger partial charge in [-0.2, -0.15) is 0 Å². The normalized spacial score (nSPS) is 19.3. The Morgan fingerprint density at radius 2 is 1.87 bits per heavy atom. The zero-order chi connectivity index (χ0) is 10.9. The van der Waals surface area contributed by atoms with E-state index in [1.54, 1.807) is 4.90 Å². The van der Waals surface area contributed by atoms with Gasteiger partial charge in [0.15, 0.2) is 0 Å². The highest BCUT2D eigenvalue weighted by atomic mass is 16.2. The molecule has 0 fully saturated rings. The van der Waals surface area contributed by atoms with Crippen molar-refractivity contribution in [3.05, 3.63) is 42.6 Å². The molecular formula is C13H15NO. The number of carbonyl (C=O) groups is 1. The topological polar surface area (TPSA) is 20.3 Å². The molecule has 78 valence electrons. The Kier molecular flexibility index (Phi) is 2.35. The van der Waals surface area contributed by atoms with Crippen molar-refractivity contribution in [1.82, 2.24) is 0 Å². The molecule has 15 heavy (non-hydrogen) atoms. The third kappa shape index (κ3) is 2.09. The smallest absolute Gasteiger partial charge is 0.231 e. The van der Waals surface area contributed by atoms with Crippen LogP contribution < -0.4 is 4.90 Å². The highest BCUT2D eigenvalue weighted by molar-refractivity contribution is 5.96. The maximum absolute atomic E-state index is 11.9. The van der Waals surface area contributed by atoms with Crippen LogP contribution in [0.15, 0.2) is 42.6 Å². The first-order valence-corrected chi connectivity index (χ1v) is 5.15. The molecule has 1 aromatic rings. The minimum atomic E-state index is -0.0115. The molecule has 2 rings (SSSR count). The first-order chi connectivity index (χ1) is 7.08. The number of rotatable bonds is 1. The Labute approximate surface area is 90.2 Å². The van der Waals surface area contributed by atoms with E-state index in [2.05, 4.69) is 19.9 Å². The summed E-state index contributed by atoms with van der Waals surface area (Å²) >= 11 is 0. The van der Waals surface area contributed by atoms with Crippen molar-refractivity contribution in [2.24, 2.45) is 5.41 Å². The van der Waals surface area contributed by atoms with Crippen molar-refractivity contribution in [3.8, 4) is 0 Å². The van der Waals surface area contributed by atoms with E-state index >= 15 is 0 Å². The second-order valence-electron chi connectivity index (χ2n) is 4.58. The van der Waals surface area contributed by atoms with Crippen molar-refractivity contribution in [1.29, 1.82) is 0 Å². The number of anilines is 1. The lowest BCUT2D eigenvalue weighted by atomic mass is 9.86. The molecule has 0 aliphatic carbocycles. The molecule has 0 spiro atoms. The van der Waals surface area contributed by atoms with Crippen molar-refractivity contribution in [3.63, 3.8) is 0 Å². The van der Waals surface area contributed by atoms with E-state index in [1.165, 1.54) is 0 Å². The van der Waals surface area contributed by atoms with Crippen LogP contribution in [0, 0.1) is 5.41 Å². The predicted molar refractivity (Wildman–Crippen MR) is 61.5 cm³/mol. The summed E-state index contributed by atoms with van der Waals surface area (Å²) < 4.78 is 0. The number of amides is 1. The van der Waals surface area contributed by atoms with Gasteiger partial charge in [0.05, 0.1) is 0 Å². The molecular weight excluding hydrogens is 186 g/mol. The highest BCUT2D eigenvalue weighted by Crippen LogP contribution is 2.30. The molecule has 0 saturated heterocycles. The molecule has 0 unspecified atom stereocenters. The number of hydrogen-bond donors (Lipinski definition) is 0. The quantitative estimate of drug-likeness (QED) is 0.684. The molecule has 0 N–H and O–H groups in total. The SMILES string of the molecule is CC1(C)C=CN(c2ccccc2)C(=O)C1. The van der Waals surface area contributed by atoms with Gasteiger partial charge in [0, 0.05) is 18.3 Å².